The molecule has 1 aromatic heterocycles. The van der Waals surface area contributed by atoms with Gasteiger partial charge in [-0.3, -0.25) is 4.68 Å². The molecule has 94 valence electrons. The Morgan fingerprint density at radius 1 is 1.28 bits per heavy atom. The van der Waals surface area contributed by atoms with Crippen molar-refractivity contribution in [3.63, 3.8) is 0 Å². The summed E-state index contributed by atoms with van der Waals surface area (Å²) in [6.45, 7) is 1.47. The highest BCUT2D eigenvalue weighted by Gasteiger charge is 2.18. The van der Waals surface area contributed by atoms with E-state index in [0.717, 1.165) is 18.9 Å². The van der Waals surface area contributed by atoms with Crippen LogP contribution in [0.4, 0.5) is 0 Å². The summed E-state index contributed by atoms with van der Waals surface area (Å²) in [5.74, 6) is 0. The van der Waals surface area contributed by atoms with E-state index in [0.29, 0.717) is 0 Å². The second kappa shape index (κ2) is 4.55. The average Bonchev–Trinajstić information content (AvgIpc) is 2.99. The van der Waals surface area contributed by atoms with Gasteiger partial charge in [0, 0.05) is 13.2 Å². The molecule has 1 aliphatic rings. The molecule has 1 aromatic carbocycles. The molecule has 18 heavy (non-hydrogen) atoms. The summed E-state index contributed by atoms with van der Waals surface area (Å²) in [5.41, 5.74) is 5.02. The Hall–Kier alpha value is -1.65. The van der Waals surface area contributed by atoms with Crippen LogP contribution in [0.5, 0.6) is 0 Å². The number of fused-ring (bicyclic) bond motifs is 1. The first-order chi connectivity index (χ1) is 8.79. The van der Waals surface area contributed by atoms with Gasteiger partial charge in [0.2, 0.25) is 0 Å². The lowest BCUT2D eigenvalue weighted by atomic mass is 9.99. The van der Waals surface area contributed by atoms with E-state index in [1.165, 1.54) is 16.7 Å². The first-order valence-electron chi connectivity index (χ1n) is 6.14. The van der Waals surface area contributed by atoms with Gasteiger partial charge in [0.25, 0.3) is 0 Å². The summed E-state index contributed by atoms with van der Waals surface area (Å²) in [6, 6.07) is 8.78. The van der Waals surface area contributed by atoms with Crippen LogP contribution in [-0.2, 0) is 25.0 Å². The highest BCUT2D eigenvalue weighted by molar-refractivity contribution is 5.37. The van der Waals surface area contributed by atoms with Crippen molar-refractivity contribution < 1.29 is 4.74 Å². The predicted octanol–water partition coefficient (Wildman–Crippen LogP) is 1.76. The second-order valence-electron chi connectivity index (χ2n) is 4.62. The molecular formula is C14H17N3O. The molecule has 4 nitrogen and oxygen atoms in total. The van der Waals surface area contributed by atoms with Gasteiger partial charge >= 0.3 is 0 Å². The molecule has 0 radical (unpaired) electrons. The van der Waals surface area contributed by atoms with Crippen LogP contribution in [0.1, 0.15) is 28.4 Å². The standard InChI is InChI=1S/C14H17N3O/c1-15-14(13-5-6-16-17(13)2)10-3-4-11-8-18-9-12(11)7-10/h3-7,14-15H,8-9H2,1-2H3. The molecule has 0 saturated heterocycles. The largest absolute Gasteiger partial charge is 0.372 e. The number of nitrogens with zero attached hydrogens (tertiary/aromatic N) is 2. The van der Waals surface area contributed by atoms with Gasteiger partial charge in [-0.15, -0.1) is 0 Å². The molecule has 0 spiro atoms. The number of benzene rings is 1. The van der Waals surface area contributed by atoms with Gasteiger partial charge < -0.3 is 10.1 Å². The van der Waals surface area contributed by atoms with Gasteiger partial charge in [0.05, 0.1) is 24.9 Å². The van der Waals surface area contributed by atoms with E-state index in [9.17, 15) is 0 Å². The van der Waals surface area contributed by atoms with E-state index in [1.807, 2.05) is 31.0 Å². The number of hydrogen-bond acceptors (Lipinski definition) is 3. The molecule has 1 N–H and O–H groups in total. The van der Waals surface area contributed by atoms with Crippen molar-refractivity contribution in [2.24, 2.45) is 7.05 Å². The normalized spacial score (nSPS) is 15.7. The maximum atomic E-state index is 5.46. The van der Waals surface area contributed by atoms with Crippen LogP contribution in [0.3, 0.4) is 0 Å². The van der Waals surface area contributed by atoms with Gasteiger partial charge in [-0.25, -0.2) is 0 Å². The Morgan fingerprint density at radius 3 is 2.83 bits per heavy atom. The number of aryl methyl sites for hydroxylation is 1. The topological polar surface area (TPSA) is 39.1 Å². The third kappa shape index (κ3) is 1.83. The minimum absolute atomic E-state index is 0.170. The van der Waals surface area contributed by atoms with Gasteiger partial charge in [-0.05, 0) is 29.8 Å². The molecule has 0 aliphatic carbocycles. The molecule has 1 atom stereocenters. The van der Waals surface area contributed by atoms with Crippen molar-refractivity contribution in [1.82, 2.24) is 15.1 Å². The van der Waals surface area contributed by atoms with E-state index in [2.05, 4.69) is 28.6 Å². The fourth-order valence-electron chi connectivity index (χ4n) is 2.52. The molecule has 0 fully saturated rings. The highest BCUT2D eigenvalue weighted by Crippen LogP contribution is 2.27. The summed E-state index contributed by atoms with van der Waals surface area (Å²) < 4.78 is 7.37. The van der Waals surface area contributed by atoms with Crippen LogP contribution in [0.2, 0.25) is 0 Å². The van der Waals surface area contributed by atoms with Crippen molar-refractivity contribution in [3.8, 4) is 0 Å². The molecule has 3 rings (SSSR count). The SMILES string of the molecule is CNC(c1ccc2c(c1)COC2)c1ccnn1C. The maximum absolute atomic E-state index is 5.46. The van der Waals surface area contributed by atoms with Gasteiger partial charge in [0.1, 0.15) is 0 Å². The number of hydrogen-bond donors (Lipinski definition) is 1. The van der Waals surface area contributed by atoms with E-state index >= 15 is 0 Å². The Kier molecular flexibility index (Phi) is 2.89. The minimum Gasteiger partial charge on any atom is -0.372 e. The molecule has 0 amide bonds. The van der Waals surface area contributed by atoms with Crippen molar-refractivity contribution >= 4 is 0 Å². The zero-order valence-corrected chi connectivity index (χ0v) is 10.7. The Bertz CT molecular complexity index is 562. The molecule has 2 heterocycles. The first-order valence-corrected chi connectivity index (χ1v) is 6.14. The molecule has 2 aromatic rings. The highest BCUT2D eigenvalue weighted by atomic mass is 16.5. The maximum Gasteiger partial charge on any atom is 0.0745 e. The van der Waals surface area contributed by atoms with Crippen LogP contribution >= 0.6 is 0 Å². The number of aromatic nitrogens is 2. The number of nitrogens with one attached hydrogen (secondary N) is 1. The fraction of sp³-hybridized carbons (Fsp3) is 0.357. The Morgan fingerprint density at radius 2 is 2.11 bits per heavy atom. The lowest BCUT2D eigenvalue weighted by Gasteiger charge is -2.17. The Labute approximate surface area is 107 Å². The van der Waals surface area contributed by atoms with Gasteiger partial charge in [0.15, 0.2) is 0 Å². The zero-order chi connectivity index (χ0) is 12.5. The molecular weight excluding hydrogens is 226 g/mol. The summed E-state index contributed by atoms with van der Waals surface area (Å²) in [5, 5.41) is 7.59. The van der Waals surface area contributed by atoms with Crippen molar-refractivity contribution in [2.45, 2.75) is 19.3 Å². The first kappa shape index (κ1) is 11.4. The van der Waals surface area contributed by atoms with E-state index in [-0.39, 0.29) is 6.04 Å². The fourth-order valence-corrected chi connectivity index (χ4v) is 2.52. The van der Waals surface area contributed by atoms with Crippen LogP contribution in [0.15, 0.2) is 30.5 Å². The third-order valence-electron chi connectivity index (χ3n) is 3.52. The van der Waals surface area contributed by atoms with Crippen molar-refractivity contribution in [1.29, 1.82) is 0 Å². The molecule has 1 unspecified atom stereocenters. The predicted molar refractivity (Wildman–Crippen MR) is 69.0 cm³/mol. The lowest BCUT2D eigenvalue weighted by molar-refractivity contribution is 0.134. The Balaban J connectivity index is 2.00. The molecule has 1 aliphatic heterocycles. The zero-order valence-electron chi connectivity index (χ0n) is 10.7. The average molecular weight is 243 g/mol. The third-order valence-corrected chi connectivity index (χ3v) is 3.52. The van der Waals surface area contributed by atoms with Crippen molar-refractivity contribution in [2.75, 3.05) is 7.05 Å². The molecule has 0 bridgehead atoms. The van der Waals surface area contributed by atoms with Gasteiger partial charge in [-0.1, -0.05) is 18.2 Å². The summed E-state index contributed by atoms with van der Waals surface area (Å²) in [6.07, 6.45) is 1.83. The second-order valence-corrected chi connectivity index (χ2v) is 4.62. The van der Waals surface area contributed by atoms with Gasteiger partial charge in [-0.2, -0.15) is 5.10 Å². The summed E-state index contributed by atoms with van der Waals surface area (Å²) in [4.78, 5) is 0. The smallest absolute Gasteiger partial charge is 0.0745 e. The van der Waals surface area contributed by atoms with Crippen LogP contribution in [-0.4, -0.2) is 16.8 Å². The summed E-state index contributed by atoms with van der Waals surface area (Å²) >= 11 is 0. The van der Waals surface area contributed by atoms with E-state index < -0.39 is 0 Å². The van der Waals surface area contributed by atoms with E-state index in [4.69, 9.17) is 4.74 Å². The summed E-state index contributed by atoms with van der Waals surface area (Å²) in [7, 11) is 3.94. The minimum atomic E-state index is 0.170. The van der Waals surface area contributed by atoms with E-state index in [1.54, 1.807) is 0 Å². The monoisotopic (exact) mass is 243 g/mol. The number of rotatable bonds is 3. The van der Waals surface area contributed by atoms with Crippen LogP contribution < -0.4 is 5.32 Å². The van der Waals surface area contributed by atoms with Crippen LogP contribution in [0, 0.1) is 0 Å². The molecule has 4 heteroatoms. The van der Waals surface area contributed by atoms with Crippen LogP contribution in [0.25, 0.3) is 0 Å². The molecule has 0 saturated carbocycles. The quantitative estimate of drug-likeness (QED) is 0.892. The van der Waals surface area contributed by atoms with Crippen molar-refractivity contribution in [3.05, 3.63) is 52.8 Å². The lowest BCUT2D eigenvalue weighted by Crippen LogP contribution is -2.20. The number of ether oxygens (including phenoxy) is 1.